The SMILES string of the molecule is O=C(O)N1CCN2Cc3cc(Cl)c(I)c(Cl)c3COC[C@H]2C1. The van der Waals surface area contributed by atoms with E-state index in [2.05, 4.69) is 27.5 Å². The topological polar surface area (TPSA) is 53.0 Å². The fourth-order valence-electron chi connectivity index (χ4n) is 2.93. The normalized spacial score (nSPS) is 22.5. The average Bonchev–Trinajstić information content (AvgIpc) is 2.46. The van der Waals surface area contributed by atoms with E-state index in [9.17, 15) is 4.79 Å². The van der Waals surface area contributed by atoms with Crippen molar-refractivity contribution >= 4 is 51.9 Å². The number of benzene rings is 1. The van der Waals surface area contributed by atoms with Crippen molar-refractivity contribution < 1.29 is 14.6 Å². The van der Waals surface area contributed by atoms with Crippen LogP contribution in [-0.4, -0.2) is 53.3 Å². The standard InChI is InChI=1S/C14H15Cl2IN2O3/c15-11-3-8-4-18-1-2-19(14(20)21)5-9(18)6-22-7-10(8)12(16)13(11)17/h3,9H,1-2,4-7H2,(H,20,21)/t9-/m1/s1. The zero-order valence-corrected chi connectivity index (χ0v) is 15.4. The number of carbonyl (C=O) groups is 1. The molecule has 1 fully saturated rings. The largest absolute Gasteiger partial charge is 0.465 e. The highest BCUT2D eigenvalue weighted by Crippen LogP contribution is 2.34. The Hall–Kier alpha value is -0.280. The van der Waals surface area contributed by atoms with Crippen molar-refractivity contribution in [1.29, 1.82) is 0 Å². The van der Waals surface area contributed by atoms with Gasteiger partial charge in [0.15, 0.2) is 0 Å². The van der Waals surface area contributed by atoms with Gasteiger partial charge in [-0.3, -0.25) is 4.90 Å². The molecule has 0 unspecified atom stereocenters. The third kappa shape index (κ3) is 3.17. The Bertz CT molecular complexity index is 614. The molecule has 0 bridgehead atoms. The number of hydrogen-bond acceptors (Lipinski definition) is 3. The van der Waals surface area contributed by atoms with E-state index in [0.717, 1.165) is 14.7 Å². The van der Waals surface area contributed by atoms with Gasteiger partial charge >= 0.3 is 6.09 Å². The Kier molecular flexibility index (Phi) is 5.04. The molecule has 0 aromatic heterocycles. The van der Waals surface area contributed by atoms with Gasteiger partial charge in [0.1, 0.15) is 0 Å². The quantitative estimate of drug-likeness (QED) is 0.480. The number of nitrogens with zero attached hydrogens (tertiary/aromatic N) is 2. The molecule has 0 aliphatic carbocycles. The van der Waals surface area contributed by atoms with Crippen LogP contribution in [0, 0.1) is 3.57 Å². The summed E-state index contributed by atoms with van der Waals surface area (Å²) in [6.07, 6.45) is -0.872. The van der Waals surface area contributed by atoms with E-state index in [1.165, 1.54) is 4.90 Å². The number of halogens is 3. The Morgan fingerprint density at radius 1 is 1.41 bits per heavy atom. The van der Waals surface area contributed by atoms with Gasteiger partial charge in [-0.05, 0) is 34.2 Å². The van der Waals surface area contributed by atoms with Gasteiger partial charge in [0.25, 0.3) is 0 Å². The van der Waals surface area contributed by atoms with E-state index in [-0.39, 0.29) is 6.04 Å². The summed E-state index contributed by atoms with van der Waals surface area (Å²) in [5.41, 5.74) is 2.04. The molecule has 120 valence electrons. The van der Waals surface area contributed by atoms with Gasteiger partial charge in [-0.15, -0.1) is 0 Å². The molecule has 2 aliphatic heterocycles. The Balaban J connectivity index is 1.88. The maximum Gasteiger partial charge on any atom is 0.407 e. The van der Waals surface area contributed by atoms with Crippen LogP contribution in [0.1, 0.15) is 11.1 Å². The molecule has 2 heterocycles. The molecule has 1 aromatic carbocycles. The molecule has 8 heteroatoms. The van der Waals surface area contributed by atoms with Crippen LogP contribution in [0.5, 0.6) is 0 Å². The Morgan fingerprint density at radius 3 is 2.91 bits per heavy atom. The summed E-state index contributed by atoms with van der Waals surface area (Å²) in [7, 11) is 0. The maximum absolute atomic E-state index is 11.1. The average molecular weight is 457 g/mol. The van der Waals surface area contributed by atoms with E-state index < -0.39 is 6.09 Å². The van der Waals surface area contributed by atoms with E-state index in [1.54, 1.807) is 0 Å². The van der Waals surface area contributed by atoms with E-state index in [1.807, 2.05) is 6.07 Å². The minimum absolute atomic E-state index is 0.0647. The monoisotopic (exact) mass is 456 g/mol. The van der Waals surface area contributed by atoms with Crippen molar-refractivity contribution in [2.75, 3.05) is 26.2 Å². The number of hydrogen-bond donors (Lipinski definition) is 1. The fourth-order valence-corrected chi connectivity index (χ4v) is 3.96. The molecule has 3 rings (SSSR count). The van der Waals surface area contributed by atoms with Crippen LogP contribution < -0.4 is 0 Å². The smallest absolute Gasteiger partial charge is 0.407 e. The van der Waals surface area contributed by atoms with Crippen molar-refractivity contribution in [2.45, 2.75) is 19.2 Å². The molecular weight excluding hydrogens is 442 g/mol. The molecule has 1 saturated heterocycles. The number of rotatable bonds is 0. The molecule has 22 heavy (non-hydrogen) atoms. The third-order valence-electron chi connectivity index (χ3n) is 4.16. The van der Waals surface area contributed by atoms with E-state index in [4.69, 9.17) is 33.0 Å². The maximum atomic E-state index is 11.1. The second kappa shape index (κ2) is 6.68. The predicted molar refractivity (Wildman–Crippen MR) is 92.6 cm³/mol. The molecule has 1 aromatic rings. The molecule has 1 amide bonds. The number of piperazine rings is 1. The highest BCUT2D eigenvalue weighted by Gasteiger charge is 2.32. The first-order valence-electron chi connectivity index (χ1n) is 6.92. The summed E-state index contributed by atoms with van der Waals surface area (Å²) in [6.45, 7) is 3.30. The summed E-state index contributed by atoms with van der Waals surface area (Å²) in [4.78, 5) is 14.8. The van der Waals surface area contributed by atoms with Crippen molar-refractivity contribution in [1.82, 2.24) is 9.80 Å². The zero-order chi connectivity index (χ0) is 15.9. The lowest BCUT2D eigenvalue weighted by Gasteiger charge is -2.41. The first-order valence-corrected chi connectivity index (χ1v) is 8.75. The van der Waals surface area contributed by atoms with Gasteiger partial charge in [0, 0.05) is 31.7 Å². The predicted octanol–water partition coefficient (Wildman–Crippen LogP) is 3.29. The van der Waals surface area contributed by atoms with Crippen LogP contribution in [0.2, 0.25) is 10.0 Å². The minimum Gasteiger partial charge on any atom is -0.465 e. The Labute approximate surface area is 152 Å². The van der Waals surface area contributed by atoms with Crippen LogP contribution in [0.15, 0.2) is 6.07 Å². The van der Waals surface area contributed by atoms with Crippen LogP contribution in [0.25, 0.3) is 0 Å². The minimum atomic E-state index is -0.872. The lowest BCUT2D eigenvalue weighted by molar-refractivity contribution is -0.00301. The third-order valence-corrected chi connectivity index (χ3v) is 6.63. The van der Waals surface area contributed by atoms with Gasteiger partial charge in [0.05, 0.1) is 32.9 Å². The molecular formula is C14H15Cl2IN2O3. The molecule has 0 radical (unpaired) electrons. The van der Waals surface area contributed by atoms with Gasteiger partial charge in [0.2, 0.25) is 0 Å². The second-order valence-corrected chi connectivity index (χ2v) is 7.36. The number of fused-ring (bicyclic) bond motifs is 2. The fraction of sp³-hybridized carbons (Fsp3) is 0.500. The van der Waals surface area contributed by atoms with Gasteiger partial charge < -0.3 is 14.7 Å². The molecule has 1 atom stereocenters. The first-order chi connectivity index (χ1) is 10.5. The Morgan fingerprint density at radius 2 is 2.18 bits per heavy atom. The molecule has 0 saturated carbocycles. The molecule has 2 aliphatic rings. The van der Waals surface area contributed by atoms with Gasteiger partial charge in [-0.2, -0.15) is 0 Å². The highest BCUT2D eigenvalue weighted by molar-refractivity contribution is 14.1. The zero-order valence-electron chi connectivity index (χ0n) is 11.7. The summed E-state index contributed by atoms with van der Waals surface area (Å²) in [5.74, 6) is 0. The highest BCUT2D eigenvalue weighted by atomic mass is 127. The summed E-state index contributed by atoms with van der Waals surface area (Å²) < 4.78 is 6.63. The summed E-state index contributed by atoms with van der Waals surface area (Å²) in [6, 6.07) is 2.01. The summed E-state index contributed by atoms with van der Waals surface area (Å²) in [5, 5.41) is 10.4. The molecule has 1 N–H and O–H groups in total. The van der Waals surface area contributed by atoms with E-state index >= 15 is 0 Å². The summed E-state index contributed by atoms with van der Waals surface area (Å²) >= 11 is 14.8. The van der Waals surface area contributed by atoms with Crippen molar-refractivity contribution in [3.63, 3.8) is 0 Å². The van der Waals surface area contributed by atoms with Crippen LogP contribution in [-0.2, 0) is 17.9 Å². The molecule has 0 spiro atoms. The van der Waals surface area contributed by atoms with Gasteiger partial charge in [-0.1, -0.05) is 23.2 Å². The first kappa shape index (κ1) is 16.6. The second-order valence-electron chi connectivity index (χ2n) is 5.49. The van der Waals surface area contributed by atoms with Crippen LogP contribution in [0.4, 0.5) is 4.79 Å². The number of carboxylic acid groups (broad SMARTS) is 1. The molecule has 5 nitrogen and oxygen atoms in total. The van der Waals surface area contributed by atoms with Crippen molar-refractivity contribution in [3.8, 4) is 0 Å². The van der Waals surface area contributed by atoms with Crippen LogP contribution in [0.3, 0.4) is 0 Å². The van der Waals surface area contributed by atoms with Crippen LogP contribution >= 0.6 is 45.8 Å². The number of ether oxygens (including phenoxy) is 1. The van der Waals surface area contributed by atoms with Crippen molar-refractivity contribution in [3.05, 3.63) is 30.8 Å². The number of amides is 1. The van der Waals surface area contributed by atoms with E-state index in [0.29, 0.717) is 49.4 Å². The van der Waals surface area contributed by atoms with Gasteiger partial charge in [-0.25, -0.2) is 4.79 Å². The lowest BCUT2D eigenvalue weighted by Crippen LogP contribution is -2.56. The lowest BCUT2D eigenvalue weighted by atomic mass is 10.0. The van der Waals surface area contributed by atoms with Crippen molar-refractivity contribution in [2.24, 2.45) is 0 Å².